The lowest BCUT2D eigenvalue weighted by Gasteiger charge is -2.49. The number of nitrogens with one attached hydrogen (secondary N) is 2. The summed E-state index contributed by atoms with van der Waals surface area (Å²) in [5.74, 6) is 5.73. The number of hydrazine groups is 1. The molecule has 0 saturated carbocycles. The number of nitrogens with zero attached hydrogens (tertiary/aromatic N) is 3. The summed E-state index contributed by atoms with van der Waals surface area (Å²) in [5, 5.41) is 17.9. The Morgan fingerprint density at radius 1 is 1.74 bits per heavy atom. The van der Waals surface area contributed by atoms with Gasteiger partial charge in [-0.1, -0.05) is 11.6 Å². The van der Waals surface area contributed by atoms with E-state index >= 15 is 0 Å². The van der Waals surface area contributed by atoms with Crippen LogP contribution in [0.4, 0.5) is 0 Å². The minimum absolute atomic E-state index is 0.0160. The first-order chi connectivity index (χ1) is 8.93. The number of alkyl halides is 1. The molecule has 0 aromatic rings. The summed E-state index contributed by atoms with van der Waals surface area (Å²) in [6.07, 6.45) is 1.69. The van der Waals surface area contributed by atoms with Gasteiger partial charge in [-0.3, -0.25) is 16.5 Å². The number of aliphatic imine (C=N–C) groups is 1. The van der Waals surface area contributed by atoms with E-state index in [-0.39, 0.29) is 18.8 Å². The Labute approximate surface area is 117 Å². The Hall–Kier alpha value is -0.480. The molecule has 8 nitrogen and oxygen atoms in total. The second-order valence-corrected chi connectivity index (χ2v) is 5.45. The normalized spacial score (nSPS) is 35.0. The standard InChI is InChI=1S/C10H21ClN6O2/c1-10(18,4-19-2)15-7-3-13-8(7)16-5-14-9(11)17(12)6-16/h5,7-9,13,15,18H,3-4,6,12H2,1-2H3/t7?,8?,9-,10?/m0/s1. The van der Waals surface area contributed by atoms with Crippen molar-refractivity contribution in [3.05, 3.63) is 0 Å². The van der Waals surface area contributed by atoms with Gasteiger partial charge >= 0.3 is 0 Å². The van der Waals surface area contributed by atoms with Crippen molar-refractivity contribution in [1.29, 1.82) is 0 Å². The quantitative estimate of drug-likeness (QED) is 0.206. The highest BCUT2D eigenvalue weighted by atomic mass is 35.5. The van der Waals surface area contributed by atoms with Crippen LogP contribution in [0.15, 0.2) is 4.99 Å². The van der Waals surface area contributed by atoms with Crippen molar-refractivity contribution in [3.8, 4) is 0 Å². The van der Waals surface area contributed by atoms with Gasteiger partial charge < -0.3 is 14.7 Å². The molecule has 3 unspecified atom stereocenters. The first-order valence-corrected chi connectivity index (χ1v) is 6.53. The first kappa shape index (κ1) is 14.9. The zero-order valence-electron chi connectivity index (χ0n) is 11.1. The van der Waals surface area contributed by atoms with Gasteiger partial charge in [-0.05, 0) is 6.92 Å². The number of ether oxygens (including phenoxy) is 1. The lowest BCUT2D eigenvalue weighted by Crippen LogP contribution is -2.75. The molecule has 2 aliphatic heterocycles. The molecule has 0 bridgehead atoms. The molecule has 19 heavy (non-hydrogen) atoms. The van der Waals surface area contributed by atoms with E-state index in [4.69, 9.17) is 22.2 Å². The van der Waals surface area contributed by atoms with Crippen molar-refractivity contribution < 1.29 is 9.84 Å². The van der Waals surface area contributed by atoms with Gasteiger partial charge in [0.1, 0.15) is 5.72 Å². The highest BCUT2D eigenvalue weighted by molar-refractivity contribution is 6.20. The molecule has 9 heteroatoms. The Balaban J connectivity index is 1.90. The van der Waals surface area contributed by atoms with E-state index in [2.05, 4.69) is 15.6 Å². The minimum Gasteiger partial charge on any atom is -0.380 e. The third kappa shape index (κ3) is 3.54. The van der Waals surface area contributed by atoms with Crippen LogP contribution in [0.5, 0.6) is 0 Å². The van der Waals surface area contributed by atoms with Gasteiger partial charge in [-0.25, -0.2) is 4.99 Å². The van der Waals surface area contributed by atoms with E-state index in [0.717, 1.165) is 6.54 Å². The molecule has 0 aromatic carbocycles. The Bertz CT molecular complexity index is 342. The van der Waals surface area contributed by atoms with Crippen LogP contribution >= 0.6 is 11.6 Å². The first-order valence-electron chi connectivity index (χ1n) is 6.10. The maximum absolute atomic E-state index is 10.1. The summed E-state index contributed by atoms with van der Waals surface area (Å²) in [6, 6.07) is 0.0804. The minimum atomic E-state index is -1.07. The number of aliphatic hydroxyl groups is 1. The van der Waals surface area contributed by atoms with Gasteiger partial charge in [0.15, 0.2) is 5.62 Å². The highest BCUT2D eigenvalue weighted by Gasteiger charge is 2.39. The predicted molar refractivity (Wildman–Crippen MR) is 72.1 cm³/mol. The average Bonchev–Trinajstić information content (AvgIpc) is 2.30. The number of nitrogens with two attached hydrogens (primary N) is 1. The van der Waals surface area contributed by atoms with Gasteiger partial charge in [0, 0.05) is 13.7 Å². The number of hydrogen-bond acceptors (Lipinski definition) is 8. The largest absolute Gasteiger partial charge is 0.380 e. The molecule has 0 radical (unpaired) electrons. The Morgan fingerprint density at radius 3 is 3.00 bits per heavy atom. The van der Waals surface area contributed by atoms with E-state index in [0.29, 0.717) is 6.67 Å². The lowest BCUT2D eigenvalue weighted by atomic mass is 10.0. The second kappa shape index (κ2) is 5.88. The molecule has 1 fully saturated rings. The summed E-state index contributed by atoms with van der Waals surface area (Å²) >= 11 is 5.87. The zero-order valence-corrected chi connectivity index (χ0v) is 11.8. The summed E-state index contributed by atoms with van der Waals surface area (Å²) in [7, 11) is 1.55. The van der Waals surface area contributed by atoms with Crippen LogP contribution in [0.1, 0.15) is 6.92 Å². The fourth-order valence-corrected chi connectivity index (χ4v) is 2.33. The van der Waals surface area contributed by atoms with Gasteiger partial charge in [0.05, 0.1) is 31.8 Å². The average molecular weight is 293 g/mol. The van der Waals surface area contributed by atoms with E-state index in [1.165, 1.54) is 5.01 Å². The molecule has 2 heterocycles. The van der Waals surface area contributed by atoms with Crippen LogP contribution in [-0.2, 0) is 4.74 Å². The third-order valence-electron chi connectivity index (χ3n) is 3.15. The van der Waals surface area contributed by atoms with Crippen LogP contribution < -0.4 is 16.5 Å². The van der Waals surface area contributed by atoms with Gasteiger partial charge in [0.2, 0.25) is 0 Å². The van der Waals surface area contributed by atoms with Crippen molar-refractivity contribution in [2.24, 2.45) is 10.8 Å². The van der Waals surface area contributed by atoms with Gasteiger partial charge in [0.25, 0.3) is 0 Å². The molecule has 0 aliphatic carbocycles. The maximum atomic E-state index is 10.1. The van der Waals surface area contributed by atoms with E-state index < -0.39 is 11.3 Å². The molecular formula is C10H21ClN6O2. The van der Waals surface area contributed by atoms with Gasteiger partial charge in [-0.2, -0.15) is 5.01 Å². The van der Waals surface area contributed by atoms with Crippen molar-refractivity contribution in [1.82, 2.24) is 20.5 Å². The Kier molecular flexibility index (Phi) is 4.62. The summed E-state index contributed by atoms with van der Waals surface area (Å²) in [6.45, 7) is 3.13. The fourth-order valence-electron chi connectivity index (χ4n) is 2.22. The summed E-state index contributed by atoms with van der Waals surface area (Å²) in [5.41, 5.74) is -1.59. The molecule has 5 N–H and O–H groups in total. The van der Waals surface area contributed by atoms with Crippen LogP contribution in [0.2, 0.25) is 0 Å². The SMILES string of the molecule is COCC(C)(O)NC1CNC1N1C=N[C@H](Cl)N(N)C1. The number of methoxy groups -OCH3 is 1. The van der Waals surface area contributed by atoms with Crippen LogP contribution in [0, 0.1) is 0 Å². The third-order valence-corrected chi connectivity index (χ3v) is 3.51. The zero-order chi connectivity index (χ0) is 14.0. The summed E-state index contributed by atoms with van der Waals surface area (Å²) in [4.78, 5) is 6.01. The number of rotatable bonds is 5. The summed E-state index contributed by atoms with van der Waals surface area (Å²) < 4.78 is 4.97. The van der Waals surface area contributed by atoms with E-state index in [1.54, 1.807) is 20.4 Å². The lowest BCUT2D eigenvalue weighted by molar-refractivity contribution is -0.0696. The number of halogens is 1. The van der Waals surface area contributed by atoms with Crippen molar-refractivity contribution in [3.63, 3.8) is 0 Å². The highest BCUT2D eigenvalue weighted by Crippen LogP contribution is 2.16. The van der Waals surface area contributed by atoms with E-state index in [1.807, 2.05) is 4.90 Å². The molecule has 2 rings (SSSR count). The van der Waals surface area contributed by atoms with Crippen LogP contribution in [0.25, 0.3) is 0 Å². The smallest absolute Gasteiger partial charge is 0.193 e. The van der Waals surface area contributed by atoms with Crippen LogP contribution in [-0.4, -0.2) is 71.8 Å². The van der Waals surface area contributed by atoms with Crippen molar-refractivity contribution in [2.45, 2.75) is 30.5 Å². The van der Waals surface area contributed by atoms with Crippen molar-refractivity contribution in [2.75, 3.05) is 26.9 Å². The van der Waals surface area contributed by atoms with Crippen molar-refractivity contribution >= 4 is 17.9 Å². The van der Waals surface area contributed by atoms with Crippen LogP contribution in [0.3, 0.4) is 0 Å². The monoisotopic (exact) mass is 292 g/mol. The van der Waals surface area contributed by atoms with Gasteiger partial charge in [-0.15, -0.1) is 0 Å². The Morgan fingerprint density at radius 2 is 2.47 bits per heavy atom. The molecular weight excluding hydrogens is 272 g/mol. The molecule has 4 atom stereocenters. The number of hydrogen-bond donors (Lipinski definition) is 4. The second-order valence-electron chi connectivity index (χ2n) is 5.06. The molecule has 1 saturated heterocycles. The topological polar surface area (TPSA) is 98.4 Å². The molecule has 0 amide bonds. The maximum Gasteiger partial charge on any atom is 0.193 e. The predicted octanol–water partition coefficient (Wildman–Crippen LogP) is -1.77. The molecule has 2 aliphatic rings. The fraction of sp³-hybridized carbons (Fsp3) is 0.900. The molecule has 0 spiro atoms. The van der Waals surface area contributed by atoms with E-state index in [9.17, 15) is 5.11 Å². The molecule has 110 valence electrons. The molecule has 0 aromatic heterocycles.